The second-order valence-corrected chi connectivity index (χ2v) is 9.37. The summed E-state index contributed by atoms with van der Waals surface area (Å²) in [6.07, 6.45) is 0. The second-order valence-electron chi connectivity index (χ2n) is 8.51. The summed E-state index contributed by atoms with van der Waals surface area (Å²) in [7, 11) is 0. The van der Waals surface area contributed by atoms with Crippen molar-refractivity contribution < 1.29 is 24.0 Å². The first-order chi connectivity index (χ1) is 18.3. The Labute approximate surface area is 224 Å². The van der Waals surface area contributed by atoms with Gasteiger partial charge in [-0.05, 0) is 45.4 Å². The third kappa shape index (κ3) is 5.21. The van der Waals surface area contributed by atoms with Gasteiger partial charge in [0.2, 0.25) is 0 Å². The van der Waals surface area contributed by atoms with E-state index in [0.717, 1.165) is 5.56 Å². The largest absolute Gasteiger partial charge is 0.463 e. The van der Waals surface area contributed by atoms with Crippen molar-refractivity contribution in [3.63, 3.8) is 0 Å². The lowest BCUT2D eigenvalue weighted by Gasteiger charge is -2.30. The molecule has 0 spiro atoms. The van der Waals surface area contributed by atoms with Crippen LogP contribution < -0.4 is 5.32 Å². The highest BCUT2D eigenvalue weighted by molar-refractivity contribution is 7.13. The van der Waals surface area contributed by atoms with E-state index in [4.69, 9.17) is 9.47 Å². The summed E-state index contributed by atoms with van der Waals surface area (Å²) >= 11 is 1.35. The summed E-state index contributed by atoms with van der Waals surface area (Å²) in [5, 5.41) is 17.1. The molecule has 4 rings (SSSR count). The Balaban J connectivity index is 1.81. The van der Waals surface area contributed by atoms with Crippen LogP contribution in [0.5, 0.6) is 0 Å². The zero-order valence-corrected chi connectivity index (χ0v) is 22.3. The number of rotatable bonds is 8. The van der Waals surface area contributed by atoms with Gasteiger partial charge in [-0.2, -0.15) is 0 Å². The minimum absolute atomic E-state index is 0.0211. The lowest BCUT2D eigenvalue weighted by Crippen LogP contribution is -2.32. The third-order valence-electron chi connectivity index (χ3n) is 6.10. The summed E-state index contributed by atoms with van der Waals surface area (Å²) in [6, 6.07) is 13.9. The van der Waals surface area contributed by atoms with Crippen LogP contribution in [0.3, 0.4) is 0 Å². The number of nitro benzene ring substituents is 1. The number of carbonyl (C=O) groups excluding carboxylic acids is 2. The minimum Gasteiger partial charge on any atom is -0.463 e. The SMILES string of the molecule is CCOC(=O)C1=C(C)NC(C)=C(C(=O)OCC)C1c1cccc(-c2nc(-c3ccccc3[N+](=O)[O-])cs2)c1. The number of nitrogens with zero attached hydrogens (tertiary/aromatic N) is 2. The van der Waals surface area contributed by atoms with Crippen LogP contribution in [-0.2, 0) is 19.1 Å². The Morgan fingerprint density at radius 1 is 1.00 bits per heavy atom. The van der Waals surface area contributed by atoms with Crippen LogP contribution in [-0.4, -0.2) is 35.1 Å². The van der Waals surface area contributed by atoms with E-state index < -0.39 is 22.8 Å². The standard InChI is InChI=1S/C28H27N3O6S/c1-5-36-27(32)23-16(3)29-17(4)24(28(33)37-6-2)25(23)18-10-9-11-19(14-18)26-30-21(15-38-26)20-12-7-8-13-22(20)31(34)35/h7-15,25,29H,5-6H2,1-4H3. The van der Waals surface area contributed by atoms with Crippen molar-refractivity contribution in [2.45, 2.75) is 33.6 Å². The molecule has 0 unspecified atom stereocenters. The van der Waals surface area contributed by atoms with Crippen LogP contribution in [0.15, 0.2) is 76.5 Å². The topological polar surface area (TPSA) is 121 Å². The number of ether oxygens (including phenoxy) is 2. The van der Waals surface area contributed by atoms with Gasteiger partial charge in [0.15, 0.2) is 0 Å². The first-order valence-corrected chi connectivity index (χ1v) is 13.0. The monoisotopic (exact) mass is 533 g/mol. The maximum atomic E-state index is 13.1. The molecule has 0 fully saturated rings. The molecule has 0 saturated carbocycles. The molecular formula is C28H27N3O6S. The van der Waals surface area contributed by atoms with Crippen LogP contribution in [0, 0.1) is 10.1 Å². The fourth-order valence-electron chi connectivity index (χ4n) is 4.52. The first kappa shape index (κ1) is 26.7. The van der Waals surface area contributed by atoms with E-state index in [9.17, 15) is 19.7 Å². The molecule has 1 aromatic heterocycles. The fourth-order valence-corrected chi connectivity index (χ4v) is 5.33. The smallest absolute Gasteiger partial charge is 0.336 e. The number of hydrogen-bond acceptors (Lipinski definition) is 9. The molecule has 0 amide bonds. The van der Waals surface area contributed by atoms with E-state index in [2.05, 4.69) is 10.3 Å². The van der Waals surface area contributed by atoms with Gasteiger partial charge in [-0.3, -0.25) is 10.1 Å². The number of carbonyl (C=O) groups is 2. The third-order valence-corrected chi connectivity index (χ3v) is 6.99. The van der Waals surface area contributed by atoms with E-state index in [1.807, 2.05) is 24.3 Å². The number of allylic oxidation sites excluding steroid dienone is 2. The molecule has 1 N–H and O–H groups in total. The average molecular weight is 534 g/mol. The number of dihydropyridines is 1. The summed E-state index contributed by atoms with van der Waals surface area (Å²) in [5.41, 5.74) is 4.20. The van der Waals surface area contributed by atoms with Crippen LogP contribution in [0.25, 0.3) is 21.8 Å². The molecule has 0 saturated heterocycles. The summed E-state index contributed by atoms with van der Waals surface area (Å²) < 4.78 is 10.7. The molecule has 0 atom stereocenters. The zero-order chi connectivity index (χ0) is 27.4. The molecule has 2 aromatic carbocycles. The van der Waals surface area contributed by atoms with Crippen LogP contribution >= 0.6 is 11.3 Å². The molecule has 1 aliphatic rings. The van der Waals surface area contributed by atoms with Gasteiger partial charge in [0, 0.05) is 28.4 Å². The second kappa shape index (κ2) is 11.4. The van der Waals surface area contributed by atoms with Crippen molar-refractivity contribution in [3.05, 3.63) is 92.1 Å². The normalized spacial score (nSPS) is 13.8. The minimum atomic E-state index is -0.719. The lowest BCUT2D eigenvalue weighted by molar-refractivity contribution is -0.384. The average Bonchev–Trinajstić information content (AvgIpc) is 3.39. The van der Waals surface area contributed by atoms with Crippen LogP contribution in [0.2, 0.25) is 0 Å². The summed E-state index contributed by atoms with van der Waals surface area (Å²) in [4.78, 5) is 41.9. The molecule has 3 aromatic rings. The van der Waals surface area contributed by atoms with E-state index in [1.54, 1.807) is 51.3 Å². The number of thiazole rings is 1. The van der Waals surface area contributed by atoms with Gasteiger partial charge in [-0.1, -0.05) is 30.3 Å². The Hall–Kier alpha value is -4.31. The van der Waals surface area contributed by atoms with Crippen molar-refractivity contribution >= 4 is 29.0 Å². The molecule has 10 heteroatoms. The number of aromatic nitrogens is 1. The predicted octanol–water partition coefficient (Wildman–Crippen LogP) is 5.75. The molecule has 38 heavy (non-hydrogen) atoms. The van der Waals surface area contributed by atoms with Gasteiger partial charge in [0.25, 0.3) is 5.69 Å². The van der Waals surface area contributed by atoms with Crippen molar-refractivity contribution in [1.29, 1.82) is 0 Å². The number of nitrogens with one attached hydrogen (secondary N) is 1. The van der Waals surface area contributed by atoms with Crippen molar-refractivity contribution in [2.24, 2.45) is 0 Å². The number of esters is 2. The lowest BCUT2D eigenvalue weighted by atomic mass is 9.80. The molecule has 0 radical (unpaired) electrons. The first-order valence-electron chi connectivity index (χ1n) is 12.1. The maximum absolute atomic E-state index is 13.1. The van der Waals surface area contributed by atoms with Gasteiger partial charge >= 0.3 is 11.9 Å². The van der Waals surface area contributed by atoms with E-state index in [0.29, 0.717) is 44.4 Å². The molecular weight excluding hydrogens is 506 g/mol. The number of nitro groups is 1. The molecule has 0 bridgehead atoms. The molecule has 9 nitrogen and oxygen atoms in total. The van der Waals surface area contributed by atoms with Crippen molar-refractivity contribution in [1.82, 2.24) is 10.3 Å². The highest BCUT2D eigenvalue weighted by Gasteiger charge is 2.38. The maximum Gasteiger partial charge on any atom is 0.336 e. The number of benzene rings is 2. The van der Waals surface area contributed by atoms with Gasteiger partial charge in [0.1, 0.15) is 5.01 Å². The molecule has 0 aliphatic carbocycles. The van der Waals surface area contributed by atoms with E-state index in [1.165, 1.54) is 17.4 Å². The van der Waals surface area contributed by atoms with Crippen molar-refractivity contribution in [2.75, 3.05) is 13.2 Å². The Morgan fingerprint density at radius 3 is 2.24 bits per heavy atom. The van der Waals surface area contributed by atoms with E-state index >= 15 is 0 Å². The number of para-hydroxylation sites is 1. The van der Waals surface area contributed by atoms with Gasteiger partial charge < -0.3 is 14.8 Å². The van der Waals surface area contributed by atoms with Gasteiger partial charge in [-0.25, -0.2) is 14.6 Å². The highest BCUT2D eigenvalue weighted by atomic mass is 32.1. The zero-order valence-electron chi connectivity index (χ0n) is 21.4. The molecule has 1 aliphatic heterocycles. The predicted molar refractivity (Wildman–Crippen MR) is 144 cm³/mol. The Kier molecular flexibility index (Phi) is 8.02. The summed E-state index contributed by atoms with van der Waals surface area (Å²) in [5.74, 6) is -1.76. The fraction of sp³-hybridized carbons (Fsp3) is 0.250. The van der Waals surface area contributed by atoms with Crippen LogP contribution in [0.4, 0.5) is 5.69 Å². The highest BCUT2D eigenvalue weighted by Crippen LogP contribution is 2.41. The van der Waals surface area contributed by atoms with Crippen molar-refractivity contribution in [3.8, 4) is 21.8 Å². The molecule has 196 valence electrons. The van der Waals surface area contributed by atoms with E-state index in [-0.39, 0.29) is 18.9 Å². The Bertz CT molecular complexity index is 1430. The number of hydrogen-bond donors (Lipinski definition) is 1. The van der Waals surface area contributed by atoms with Gasteiger partial charge in [0.05, 0.1) is 46.5 Å². The Morgan fingerprint density at radius 2 is 1.63 bits per heavy atom. The van der Waals surface area contributed by atoms with Crippen LogP contribution in [0.1, 0.15) is 39.2 Å². The molecule has 2 heterocycles. The van der Waals surface area contributed by atoms with Gasteiger partial charge in [-0.15, -0.1) is 11.3 Å². The summed E-state index contributed by atoms with van der Waals surface area (Å²) in [6.45, 7) is 7.37. The quantitative estimate of drug-likeness (QED) is 0.221.